The highest BCUT2D eigenvalue weighted by atomic mass is 16.1. The van der Waals surface area contributed by atoms with Gasteiger partial charge < -0.3 is 15.5 Å². The lowest BCUT2D eigenvalue weighted by molar-refractivity contribution is -0.114. The second kappa shape index (κ2) is 8.52. The Morgan fingerprint density at radius 1 is 1.15 bits per heavy atom. The molecule has 1 amide bonds. The lowest BCUT2D eigenvalue weighted by Crippen LogP contribution is -2.44. The summed E-state index contributed by atoms with van der Waals surface area (Å²) < 4.78 is 0. The van der Waals surface area contributed by atoms with E-state index in [4.69, 9.17) is 4.99 Å². The highest BCUT2D eigenvalue weighted by Gasteiger charge is 2.18. The summed E-state index contributed by atoms with van der Waals surface area (Å²) in [6.07, 6.45) is 1.04. The van der Waals surface area contributed by atoms with E-state index in [0.717, 1.165) is 43.3 Å². The zero-order valence-corrected chi connectivity index (χ0v) is 15.5. The van der Waals surface area contributed by atoms with Gasteiger partial charge in [0.1, 0.15) is 0 Å². The van der Waals surface area contributed by atoms with E-state index in [1.807, 2.05) is 24.3 Å². The normalized spacial score (nSPS) is 13.9. The Labute approximate surface area is 155 Å². The number of benzene rings is 2. The molecule has 5 heteroatoms. The van der Waals surface area contributed by atoms with Crippen LogP contribution in [0.5, 0.6) is 0 Å². The summed E-state index contributed by atoms with van der Waals surface area (Å²) in [6, 6.07) is 16.5. The second-order valence-corrected chi connectivity index (χ2v) is 6.49. The summed E-state index contributed by atoms with van der Waals surface area (Å²) in [4.78, 5) is 18.4. The van der Waals surface area contributed by atoms with Crippen molar-refractivity contribution in [1.82, 2.24) is 10.2 Å². The molecule has 26 heavy (non-hydrogen) atoms. The lowest BCUT2D eigenvalue weighted by atomic mass is 10.0. The van der Waals surface area contributed by atoms with Crippen LogP contribution in [-0.4, -0.2) is 29.9 Å². The van der Waals surface area contributed by atoms with Crippen LogP contribution >= 0.6 is 0 Å². The number of rotatable bonds is 4. The van der Waals surface area contributed by atoms with Gasteiger partial charge in [-0.05, 0) is 42.2 Å². The maximum atomic E-state index is 11.2. The van der Waals surface area contributed by atoms with Crippen LogP contribution in [0.2, 0.25) is 0 Å². The third-order valence-corrected chi connectivity index (χ3v) is 4.42. The van der Waals surface area contributed by atoms with Gasteiger partial charge in [-0.1, -0.05) is 36.4 Å². The van der Waals surface area contributed by atoms with Crippen LogP contribution in [0.25, 0.3) is 0 Å². The van der Waals surface area contributed by atoms with Crippen LogP contribution in [0, 0.1) is 0 Å². The maximum absolute atomic E-state index is 11.2. The first-order valence-corrected chi connectivity index (χ1v) is 9.12. The molecule has 0 radical (unpaired) electrons. The highest BCUT2D eigenvalue weighted by molar-refractivity contribution is 5.88. The Balaban J connectivity index is 1.73. The number of aliphatic imine (C=N–C) groups is 1. The molecule has 0 atom stereocenters. The van der Waals surface area contributed by atoms with E-state index in [9.17, 15) is 4.79 Å². The van der Waals surface area contributed by atoms with Crippen molar-refractivity contribution >= 4 is 17.6 Å². The molecule has 3 rings (SSSR count). The van der Waals surface area contributed by atoms with E-state index >= 15 is 0 Å². The molecule has 1 heterocycles. The number of carbonyl (C=O) groups excluding carboxylic acids is 1. The van der Waals surface area contributed by atoms with Gasteiger partial charge in [-0.25, -0.2) is 4.99 Å². The summed E-state index contributed by atoms with van der Waals surface area (Å²) in [5.74, 6) is 0.873. The molecule has 136 valence electrons. The van der Waals surface area contributed by atoms with Crippen LogP contribution in [0.15, 0.2) is 53.5 Å². The van der Waals surface area contributed by atoms with Crippen molar-refractivity contribution in [2.75, 3.05) is 18.4 Å². The molecular formula is C21H26N4O. The molecule has 0 saturated carbocycles. The minimum absolute atomic E-state index is 0.0639. The van der Waals surface area contributed by atoms with Gasteiger partial charge >= 0.3 is 0 Å². The van der Waals surface area contributed by atoms with E-state index in [1.165, 1.54) is 18.1 Å². The molecule has 5 nitrogen and oxygen atoms in total. The Kier molecular flexibility index (Phi) is 5.89. The molecule has 0 unspecified atom stereocenters. The van der Waals surface area contributed by atoms with Crippen molar-refractivity contribution in [3.8, 4) is 0 Å². The molecular weight excluding hydrogens is 324 g/mol. The van der Waals surface area contributed by atoms with Crippen molar-refractivity contribution in [2.24, 2.45) is 4.99 Å². The predicted molar refractivity (Wildman–Crippen MR) is 106 cm³/mol. The smallest absolute Gasteiger partial charge is 0.221 e. The Morgan fingerprint density at radius 3 is 2.73 bits per heavy atom. The third-order valence-electron chi connectivity index (χ3n) is 4.42. The molecule has 0 saturated heterocycles. The van der Waals surface area contributed by atoms with Gasteiger partial charge in [-0.2, -0.15) is 0 Å². The number of fused-ring (bicyclic) bond motifs is 1. The number of hydrogen-bond donors (Lipinski definition) is 2. The standard InChI is InChI=1S/C21H26N4O/c1-3-22-21(25-12-11-18-8-4-5-9-19(18)15-25)23-14-17-7-6-10-20(13-17)24-16(2)26/h4-10,13H,3,11-12,14-15H2,1-2H3,(H,22,23)(H,24,26). The summed E-state index contributed by atoms with van der Waals surface area (Å²) in [7, 11) is 0. The number of amides is 1. The van der Waals surface area contributed by atoms with Gasteiger partial charge in [0.05, 0.1) is 6.54 Å². The molecule has 1 aliphatic heterocycles. The summed E-state index contributed by atoms with van der Waals surface area (Å²) in [5.41, 5.74) is 4.69. The van der Waals surface area contributed by atoms with E-state index < -0.39 is 0 Å². The molecule has 0 spiro atoms. The fraction of sp³-hybridized carbons (Fsp3) is 0.333. The largest absolute Gasteiger partial charge is 0.356 e. The number of guanidine groups is 1. The Bertz CT molecular complexity index is 800. The number of carbonyl (C=O) groups is 1. The van der Waals surface area contributed by atoms with Gasteiger partial charge in [0.15, 0.2) is 5.96 Å². The predicted octanol–water partition coefficient (Wildman–Crippen LogP) is 3.17. The molecule has 0 aromatic heterocycles. The van der Waals surface area contributed by atoms with Gasteiger partial charge in [-0.15, -0.1) is 0 Å². The minimum atomic E-state index is -0.0639. The van der Waals surface area contributed by atoms with Crippen molar-refractivity contribution in [3.63, 3.8) is 0 Å². The minimum Gasteiger partial charge on any atom is -0.356 e. The van der Waals surface area contributed by atoms with E-state index in [0.29, 0.717) is 6.54 Å². The lowest BCUT2D eigenvalue weighted by Gasteiger charge is -2.31. The zero-order chi connectivity index (χ0) is 18.4. The van der Waals surface area contributed by atoms with Crippen molar-refractivity contribution in [1.29, 1.82) is 0 Å². The van der Waals surface area contributed by atoms with E-state index in [-0.39, 0.29) is 5.91 Å². The SMILES string of the molecule is CCNC(=NCc1cccc(NC(C)=O)c1)N1CCc2ccccc2C1. The number of nitrogens with zero attached hydrogens (tertiary/aromatic N) is 2. The van der Waals surface area contributed by atoms with Gasteiger partial charge in [-0.3, -0.25) is 4.79 Å². The molecule has 2 aromatic carbocycles. The monoisotopic (exact) mass is 350 g/mol. The molecule has 0 aliphatic carbocycles. The fourth-order valence-corrected chi connectivity index (χ4v) is 3.22. The zero-order valence-electron chi connectivity index (χ0n) is 15.5. The van der Waals surface area contributed by atoms with Crippen LogP contribution < -0.4 is 10.6 Å². The fourth-order valence-electron chi connectivity index (χ4n) is 3.22. The number of anilines is 1. The van der Waals surface area contributed by atoms with E-state index in [2.05, 4.69) is 46.7 Å². The highest BCUT2D eigenvalue weighted by Crippen LogP contribution is 2.19. The molecule has 2 aromatic rings. The maximum Gasteiger partial charge on any atom is 0.221 e. The Hall–Kier alpha value is -2.82. The first-order chi connectivity index (χ1) is 12.7. The van der Waals surface area contributed by atoms with Crippen molar-refractivity contribution < 1.29 is 4.79 Å². The number of nitrogens with one attached hydrogen (secondary N) is 2. The van der Waals surface area contributed by atoms with E-state index in [1.54, 1.807) is 0 Å². The van der Waals surface area contributed by atoms with Crippen LogP contribution in [0.1, 0.15) is 30.5 Å². The van der Waals surface area contributed by atoms with Crippen LogP contribution in [0.4, 0.5) is 5.69 Å². The Morgan fingerprint density at radius 2 is 1.96 bits per heavy atom. The average molecular weight is 350 g/mol. The third kappa shape index (κ3) is 4.63. The summed E-state index contributed by atoms with van der Waals surface area (Å²) >= 11 is 0. The van der Waals surface area contributed by atoms with Crippen LogP contribution in [-0.2, 0) is 24.3 Å². The van der Waals surface area contributed by atoms with Crippen molar-refractivity contribution in [2.45, 2.75) is 33.4 Å². The number of hydrogen-bond acceptors (Lipinski definition) is 2. The summed E-state index contributed by atoms with van der Waals surface area (Å²) in [6.45, 7) is 6.87. The topological polar surface area (TPSA) is 56.7 Å². The first-order valence-electron chi connectivity index (χ1n) is 9.12. The molecule has 2 N–H and O–H groups in total. The summed E-state index contributed by atoms with van der Waals surface area (Å²) in [5, 5.41) is 6.23. The van der Waals surface area contributed by atoms with Gasteiger partial charge in [0.25, 0.3) is 0 Å². The molecule has 1 aliphatic rings. The average Bonchev–Trinajstić information content (AvgIpc) is 2.64. The van der Waals surface area contributed by atoms with Gasteiger partial charge in [0, 0.05) is 32.2 Å². The molecule has 0 bridgehead atoms. The quantitative estimate of drug-likeness (QED) is 0.658. The van der Waals surface area contributed by atoms with Gasteiger partial charge in [0.2, 0.25) is 5.91 Å². The first kappa shape index (κ1) is 18.0. The molecule has 0 fully saturated rings. The second-order valence-electron chi connectivity index (χ2n) is 6.49. The van der Waals surface area contributed by atoms with Crippen molar-refractivity contribution in [3.05, 3.63) is 65.2 Å². The van der Waals surface area contributed by atoms with Crippen LogP contribution in [0.3, 0.4) is 0 Å².